The van der Waals surface area contributed by atoms with Crippen molar-refractivity contribution in [3.63, 3.8) is 0 Å². The summed E-state index contributed by atoms with van der Waals surface area (Å²) >= 11 is 6.16. The number of piperidine rings is 1. The zero-order valence-corrected chi connectivity index (χ0v) is 12.7. The molecule has 114 valence electrons. The van der Waals surface area contributed by atoms with E-state index in [2.05, 4.69) is 0 Å². The van der Waals surface area contributed by atoms with E-state index in [0.29, 0.717) is 54.8 Å². The number of carbonyl (C=O) groups is 1. The summed E-state index contributed by atoms with van der Waals surface area (Å²) in [5, 5.41) is 10.5. The molecule has 0 aliphatic carbocycles. The van der Waals surface area contributed by atoms with Gasteiger partial charge in [-0.05, 0) is 31.9 Å². The first-order chi connectivity index (χ1) is 9.96. The molecule has 0 spiro atoms. The quantitative estimate of drug-likeness (QED) is 0.863. The highest BCUT2D eigenvalue weighted by Crippen LogP contribution is 2.38. The summed E-state index contributed by atoms with van der Waals surface area (Å²) in [6, 6.07) is 3.26. The minimum Gasteiger partial charge on any atom is -0.486 e. The summed E-state index contributed by atoms with van der Waals surface area (Å²) in [5.41, 5.74) is -0.368. The molecular weight excluding hydrogens is 294 g/mol. The Kier molecular flexibility index (Phi) is 3.71. The van der Waals surface area contributed by atoms with E-state index < -0.39 is 5.60 Å². The Hall–Kier alpha value is -1.46. The van der Waals surface area contributed by atoms with Gasteiger partial charge in [0.2, 0.25) is 0 Å². The summed E-state index contributed by atoms with van der Waals surface area (Å²) in [6.07, 6.45) is 1.50. The molecule has 0 radical (unpaired) electrons. The normalized spacial score (nSPS) is 24.8. The monoisotopic (exact) mass is 311 g/mol. The van der Waals surface area contributed by atoms with Crippen molar-refractivity contribution in [2.75, 3.05) is 26.3 Å². The predicted octanol–water partition coefficient (Wildman–Crippen LogP) is 2.10. The maximum absolute atomic E-state index is 12.6. The lowest BCUT2D eigenvalue weighted by molar-refractivity contribution is -0.0107. The number of β-amino-alcohol motifs (C(OH)–C–C–N with tert-alkyl or cyclic N) is 1. The average Bonchev–Trinajstić information content (AvgIpc) is 2.45. The molecule has 2 aliphatic heterocycles. The molecule has 0 saturated carbocycles. The third-order valence-corrected chi connectivity index (χ3v) is 4.09. The van der Waals surface area contributed by atoms with Gasteiger partial charge in [0.15, 0.2) is 11.5 Å². The van der Waals surface area contributed by atoms with Crippen molar-refractivity contribution in [3.05, 3.63) is 22.7 Å². The van der Waals surface area contributed by atoms with Crippen LogP contribution in [-0.4, -0.2) is 47.8 Å². The van der Waals surface area contributed by atoms with Gasteiger partial charge < -0.3 is 19.5 Å². The molecule has 21 heavy (non-hydrogen) atoms. The number of benzene rings is 1. The summed E-state index contributed by atoms with van der Waals surface area (Å²) in [4.78, 5) is 14.2. The minimum absolute atomic E-state index is 0.145. The van der Waals surface area contributed by atoms with Crippen molar-refractivity contribution >= 4 is 17.5 Å². The summed E-state index contributed by atoms with van der Waals surface area (Å²) in [6.45, 7) is 3.62. The average molecular weight is 312 g/mol. The van der Waals surface area contributed by atoms with Crippen molar-refractivity contribution in [2.45, 2.75) is 25.4 Å². The smallest absolute Gasteiger partial charge is 0.254 e. The van der Waals surface area contributed by atoms with E-state index in [9.17, 15) is 9.90 Å². The maximum atomic E-state index is 12.6. The van der Waals surface area contributed by atoms with Gasteiger partial charge in [-0.1, -0.05) is 11.6 Å². The number of aliphatic hydroxyl groups is 1. The molecule has 1 atom stereocenters. The molecule has 1 amide bonds. The predicted molar refractivity (Wildman–Crippen MR) is 78.2 cm³/mol. The molecule has 1 unspecified atom stereocenters. The lowest BCUT2D eigenvalue weighted by atomic mass is 9.94. The van der Waals surface area contributed by atoms with Gasteiger partial charge in [0.25, 0.3) is 5.91 Å². The Labute approximate surface area is 128 Å². The molecule has 2 aliphatic rings. The van der Waals surface area contributed by atoms with E-state index in [1.54, 1.807) is 24.0 Å². The van der Waals surface area contributed by atoms with Gasteiger partial charge in [-0.15, -0.1) is 0 Å². The number of carbonyl (C=O) groups excluding carboxylic acids is 1. The van der Waals surface area contributed by atoms with Crippen LogP contribution < -0.4 is 9.47 Å². The second kappa shape index (κ2) is 5.39. The number of nitrogens with zero attached hydrogens (tertiary/aromatic N) is 1. The number of hydrogen-bond acceptors (Lipinski definition) is 4. The Morgan fingerprint density at radius 3 is 2.90 bits per heavy atom. The summed E-state index contributed by atoms with van der Waals surface area (Å²) in [7, 11) is 0. The largest absolute Gasteiger partial charge is 0.486 e. The minimum atomic E-state index is -0.828. The van der Waals surface area contributed by atoms with Gasteiger partial charge in [-0.25, -0.2) is 0 Å². The standard InChI is InChI=1S/C15H18ClNO4/c1-15(19)3-2-4-17(9-15)14(18)10-7-11(16)13-12(8-10)20-5-6-21-13/h7-8,19H,2-6,9H2,1H3. The Bertz CT molecular complexity index is 573. The zero-order chi connectivity index (χ0) is 15.0. The van der Waals surface area contributed by atoms with E-state index in [1.807, 2.05) is 0 Å². The first kappa shape index (κ1) is 14.5. The summed E-state index contributed by atoms with van der Waals surface area (Å²) < 4.78 is 10.9. The first-order valence-electron chi connectivity index (χ1n) is 7.07. The third kappa shape index (κ3) is 2.94. The molecular formula is C15H18ClNO4. The van der Waals surface area contributed by atoms with E-state index in [4.69, 9.17) is 21.1 Å². The van der Waals surface area contributed by atoms with Crippen molar-refractivity contribution < 1.29 is 19.4 Å². The fourth-order valence-corrected chi connectivity index (χ4v) is 3.08. The van der Waals surface area contributed by atoms with Gasteiger partial charge >= 0.3 is 0 Å². The molecule has 2 heterocycles. The van der Waals surface area contributed by atoms with Crippen LogP contribution >= 0.6 is 11.6 Å². The third-order valence-electron chi connectivity index (χ3n) is 3.81. The molecule has 3 rings (SSSR count). The van der Waals surface area contributed by atoms with E-state index in [-0.39, 0.29) is 5.91 Å². The molecule has 1 fully saturated rings. The highest BCUT2D eigenvalue weighted by molar-refractivity contribution is 6.32. The van der Waals surface area contributed by atoms with Crippen LogP contribution in [0.4, 0.5) is 0 Å². The van der Waals surface area contributed by atoms with Gasteiger partial charge in [-0.3, -0.25) is 4.79 Å². The molecule has 0 bridgehead atoms. The molecule has 0 aromatic heterocycles. The van der Waals surface area contributed by atoms with Gasteiger partial charge in [0.1, 0.15) is 13.2 Å². The van der Waals surface area contributed by atoms with Crippen LogP contribution in [0.2, 0.25) is 5.02 Å². The number of rotatable bonds is 1. The van der Waals surface area contributed by atoms with Gasteiger partial charge in [0, 0.05) is 18.7 Å². The second-order valence-electron chi connectivity index (χ2n) is 5.81. The Morgan fingerprint density at radius 2 is 2.14 bits per heavy atom. The lowest BCUT2D eigenvalue weighted by Gasteiger charge is -2.37. The number of hydrogen-bond donors (Lipinski definition) is 1. The van der Waals surface area contributed by atoms with Crippen LogP contribution in [0.15, 0.2) is 12.1 Å². The highest BCUT2D eigenvalue weighted by Gasteiger charge is 2.32. The topological polar surface area (TPSA) is 59.0 Å². The number of halogens is 1. The summed E-state index contributed by atoms with van der Waals surface area (Å²) in [5.74, 6) is 0.847. The van der Waals surface area contributed by atoms with Crippen molar-refractivity contribution in [1.82, 2.24) is 4.90 Å². The molecule has 1 aromatic carbocycles. The number of ether oxygens (including phenoxy) is 2. The molecule has 1 N–H and O–H groups in total. The fraction of sp³-hybridized carbons (Fsp3) is 0.533. The number of fused-ring (bicyclic) bond motifs is 1. The van der Waals surface area contributed by atoms with Crippen LogP contribution in [0.1, 0.15) is 30.1 Å². The maximum Gasteiger partial charge on any atom is 0.254 e. The van der Waals surface area contributed by atoms with Gasteiger partial charge in [0.05, 0.1) is 10.6 Å². The van der Waals surface area contributed by atoms with Crippen molar-refractivity contribution in [1.29, 1.82) is 0 Å². The Morgan fingerprint density at radius 1 is 1.38 bits per heavy atom. The first-order valence-corrected chi connectivity index (χ1v) is 7.45. The van der Waals surface area contributed by atoms with Crippen molar-refractivity contribution in [2.24, 2.45) is 0 Å². The number of amides is 1. The fourth-order valence-electron chi connectivity index (χ4n) is 2.81. The van der Waals surface area contributed by atoms with Crippen LogP contribution in [-0.2, 0) is 0 Å². The van der Waals surface area contributed by atoms with Crippen LogP contribution in [0, 0.1) is 0 Å². The Balaban J connectivity index is 1.86. The number of likely N-dealkylation sites (tertiary alicyclic amines) is 1. The highest BCUT2D eigenvalue weighted by atomic mass is 35.5. The van der Waals surface area contributed by atoms with Gasteiger partial charge in [-0.2, -0.15) is 0 Å². The van der Waals surface area contributed by atoms with Crippen LogP contribution in [0.5, 0.6) is 11.5 Å². The van der Waals surface area contributed by atoms with Crippen LogP contribution in [0.3, 0.4) is 0 Å². The van der Waals surface area contributed by atoms with Crippen molar-refractivity contribution in [3.8, 4) is 11.5 Å². The van der Waals surface area contributed by atoms with E-state index in [1.165, 1.54) is 0 Å². The SMILES string of the molecule is CC1(O)CCCN(C(=O)c2cc(Cl)c3c(c2)OCCO3)C1. The molecule has 6 heteroatoms. The lowest BCUT2D eigenvalue weighted by Crippen LogP contribution is -2.48. The molecule has 1 aromatic rings. The second-order valence-corrected chi connectivity index (χ2v) is 6.22. The zero-order valence-electron chi connectivity index (χ0n) is 11.9. The molecule has 1 saturated heterocycles. The van der Waals surface area contributed by atoms with Crippen LogP contribution in [0.25, 0.3) is 0 Å². The van der Waals surface area contributed by atoms with E-state index >= 15 is 0 Å². The van der Waals surface area contributed by atoms with E-state index in [0.717, 1.165) is 6.42 Å². The molecule has 5 nitrogen and oxygen atoms in total.